The van der Waals surface area contributed by atoms with Crippen molar-refractivity contribution in [3.05, 3.63) is 59.9 Å². The van der Waals surface area contributed by atoms with Crippen molar-refractivity contribution >= 4 is 5.69 Å². The fourth-order valence-electron chi connectivity index (χ4n) is 1.77. The third kappa shape index (κ3) is 4.28. The van der Waals surface area contributed by atoms with Gasteiger partial charge in [0.15, 0.2) is 0 Å². The number of aryl methyl sites for hydroxylation is 1. The van der Waals surface area contributed by atoms with Gasteiger partial charge in [-0.15, -0.1) is 0 Å². The SMILES string of the molecule is Cc1ccc(NCCCOc2ccccc2)c(F)c1. The van der Waals surface area contributed by atoms with E-state index in [0.29, 0.717) is 18.8 Å². The standard InChI is InChI=1S/C16H18FNO/c1-13-8-9-16(15(17)12-13)18-10-5-11-19-14-6-3-2-4-7-14/h2-4,6-9,12,18H,5,10-11H2,1H3. The molecule has 0 saturated carbocycles. The van der Waals surface area contributed by atoms with Crippen LogP contribution >= 0.6 is 0 Å². The van der Waals surface area contributed by atoms with E-state index in [1.165, 1.54) is 6.07 Å². The Kier molecular flexibility index (Phi) is 4.78. The predicted molar refractivity (Wildman–Crippen MR) is 76.2 cm³/mol. The van der Waals surface area contributed by atoms with Gasteiger partial charge in [0.25, 0.3) is 0 Å². The number of nitrogens with one attached hydrogen (secondary N) is 1. The molecule has 0 spiro atoms. The largest absolute Gasteiger partial charge is 0.494 e. The van der Waals surface area contributed by atoms with E-state index >= 15 is 0 Å². The zero-order chi connectivity index (χ0) is 13.5. The number of hydrogen-bond acceptors (Lipinski definition) is 2. The van der Waals surface area contributed by atoms with Crippen LogP contribution in [-0.2, 0) is 0 Å². The summed E-state index contributed by atoms with van der Waals surface area (Å²) < 4.78 is 19.1. The number of hydrogen-bond donors (Lipinski definition) is 1. The molecular formula is C16H18FNO. The van der Waals surface area contributed by atoms with E-state index in [9.17, 15) is 4.39 Å². The van der Waals surface area contributed by atoms with Gasteiger partial charge in [0.1, 0.15) is 11.6 Å². The van der Waals surface area contributed by atoms with Crippen molar-refractivity contribution in [2.24, 2.45) is 0 Å². The molecule has 0 atom stereocenters. The highest BCUT2D eigenvalue weighted by molar-refractivity contribution is 5.46. The summed E-state index contributed by atoms with van der Waals surface area (Å²) in [5, 5.41) is 3.07. The molecule has 0 bridgehead atoms. The Labute approximate surface area is 113 Å². The van der Waals surface area contributed by atoms with E-state index in [0.717, 1.165) is 17.7 Å². The first kappa shape index (κ1) is 13.4. The smallest absolute Gasteiger partial charge is 0.146 e. The molecule has 3 heteroatoms. The van der Waals surface area contributed by atoms with Gasteiger partial charge in [0.2, 0.25) is 0 Å². The first-order valence-corrected chi connectivity index (χ1v) is 6.43. The summed E-state index contributed by atoms with van der Waals surface area (Å²) in [4.78, 5) is 0. The van der Waals surface area contributed by atoms with E-state index < -0.39 is 0 Å². The number of anilines is 1. The lowest BCUT2D eigenvalue weighted by Crippen LogP contribution is -2.08. The summed E-state index contributed by atoms with van der Waals surface area (Å²) in [5.41, 5.74) is 1.47. The zero-order valence-corrected chi connectivity index (χ0v) is 11.0. The Bertz CT molecular complexity index is 513. The number of halogens is 1. The Hall–Kier alpha value is -2.03. The van der Waals surface area contributed by atoms with Gasteiger partial charge in [-0.25, -0.2) is 4.39 Å². The molecule has 0 aliphatic carbocycles. The lowest BCUT2D eigenvalue weighted by Gasteiger charge is -2.09. The molecule has 0 aromatic heterocycles. The van der Waals surface area contributed by atoms with Crippen molar-refractivity contribution in [3.63, 3.8) is 0 Å². The third-order valence-corrected chi connectivity index (χ3v) is 2.77. The van der Waals surface area contributed by atoms with Gasteiger partial charge < -0.3 is 10.1 Å². The van der Waals surface area contributed by atoms with E-state index in [1.807, 2.05) is 43.3 Å². The zero-order valence-electron chi connectivity index (χ0n) is 11.0. The number of benzene rings is 2. The Morgan fingerprint density at radius 2 is 1.89 bits per heavy atom. The molecule has 0 amide bonds. The first-order valence-electron chi connectivity index (χ1n) is 6.43. The summed E-state index contributed by atoms with van der Waals surface area (Å²) in [7, 11) is 0. The van der Waals surface area contributed by atoms with Crippen molar-refractivity contribution in [3.8, 4) is 5.75 Å². The maximum Gasteiger partial charge on any atom is 0.146 e. The minimum Gasteiger partial charge on any atom is -0.494 e. The molecule has 0 aliphatic rings. The highest BCUT2D eigenvalue weighted by Gasteiger charge is 2.00. The average Bonchev–Trinajstić information content (AvgIpc) is 2.42. The second-order valence-corrected chi connectivity index (χ2v) is 4.43. The molecule has 0 heterocycles. The molecule has 2 aromatic rings. The van der Waals surface area contributed by atoms with E-state index in [-0.39, 0.29) is 5.82 Å². The Morgan fingerprint density at radius 3 is 2.63 bits per heavy atom. The highest BCUT2D eigenvalue weighted by atomic mass is 19.1. The molecule has 0 saturated heterocycles. The second-order valence-electron chi connectivity index (χ2n) is 4.43. The van der Waals surface area contributed by atoms with Crippen LogP contribution in [0.5, 0.6) is 5.75 Å². The number of para-hydroxylation sites is 1. The number of rotatable bonds is 6. The highest BCUT2D eigenvalue weighted by Crippen LogP contribution is 2.15. The van der Waals surface area contributed by atoms with Gasteiger partial charge in [-0.1, -0.05) is 24.3 Å². The van der Waals surface area contributed by atoms with Crippen LogP contribution < -0.4 is 10.1 Å². The average molecular weight is 259 g/mol. The molecule has 0 fully saturated rings. The Morgan fingerprint density at radius 1 is 1.11 bits per heavy atom. The van der Waals surface area contributed by atoms with Crippen LogP contribution in [0.3, 0.4) is 0 Å². The topological polar surface area (TPSA) is 21.3 Å². The van der Waals surface area contributed by atoms with Gasteiger partial charge in [0, 0.05) is 6.54 Å². The van der Waals surface area contributed by atoms with Crippen LogP contribution in [0.1, 0.15) is 12.0 Å². The minimum absolute atomic E-state index is 0.205. The predicted octanol–water partition coefficient (Wildman–Crippen LogP) is 4.02. The van der Waals surface area contributed by atoms with Crippen LogP contribution in [0.2, 0.25) is 0 Å². The molecule has 19 heavy (non-hydrogen) atoms. The lowest BCUT2D eigenvalue weighted by atomic mass is 10.2. The summed E-state index contributed by atoms with van der Waals surface area (Å²) >= 11 is 0. The maximum absolute atomic E-state index is 13.5. The molecule has 1 N–H and O–H groups in total. The van der Waals surface area contributed by atoms with E-state index in [1.54, 1.807) is 6.07 Å². The van der Waals surface area contributed by atoms with Crippen LogP contribution in [0.15, 0.2) is 48.5 Å². The van der Waals surface area contributed by atoms with Gasteiger partial charge >= 0.3 is 0 Å². The quantitative estimate of drug-likeness (QED) is 0.791. The lowest BCUT2D eigenvalue weighted by molar-refractivity contribution is 0.315. The minimum atomic E-state index is -0.205. The molecule has 0 aliphatic heterocycles. The van der Waals surface area contributed by atoms with Gasteiger partial charge in [-0.05, 0) is 43.2 Å². The van der Waals surface area contributed by atoms with Gasteiger partial charge in [-0.3, -0.25) is 0 Å². The van der Waals surface area contributed by atoms with Crippen molar-refractivity contribution < 1.29 is 9.13 Å². The molecule has 2 rings (SSSR count). The van der Waals surface area contributed by atoms with Crippen LogP contribution in [0.4, 0.5) is 10.1 Å². The van der Waals surface area contributed by atoms with E-state index in [2.05, 4.69) is 5.32 Å². The fraction of sp³-hybridized carbons (Fsp3) is 0.250. The molecule has 100 valence electrons. The Balaban J connectivity index is 1.69. The van der Waals surface area contributed by atoms with Crippen LogP contribution in [0, 0.1) is 12.7 Å². The monoisotopic (exact) mass is 259 g/mol. The molecule has 2 nitrogen and oxygen atoms in total. The van der Waals surface area contributed by atoms with Gasteiger partial charge in [0.05, 0.1) is 12.3 Å². The van der Waals surface area contributed by atoms with Crippen molar-refractivity contribution in [2.45, 2.75) is 13.3 Å². The van der Waals surface area contributed by atoms with E-state index in [4.69, 9.17) is 4.74 Å². The van der Waals surface area contributed by atoms with Gasteiger partial charge in [-0.2, -0.15) is 0 Å². The normalized spacial score (nSPS) is 10.2. The summed E-state index contributed by atoms with van der Waals surface area (Å²) in [5.74, 6) is 0.660. The first-order chi connectivity index (χ1) is 9.25. The maximum atomic E-state index is 13.5. The molecular weight excluding hydrogens is 241 g/mol. The van der Waals surface area contributed by atoms with Crippen molar-refractivity contribution in [1.82, 2.24) is 0 Å². The molecule has 2 aromatic carbocycles. The van der Waals surface area contributed by atoms with Crippen molar-refractivity contribution in [1.29, 1.82) is 0 Å². The van der Waals surface area contributed by atoms with Crippen LogP contribution in [-0.4, -0.2) is 13.2 Å². The summed E-state index contributed by atoms with van der Waals surface area (Å²) in [6, 6.07) is 14.9. The second kappa shape index (κ2) is 6.78. The van der Waals surface area contributed by atoms with Crippen LogP contribution in [0.25, 0.3) is 0 Å². The third-order valence-electron chi connectivity index (χ3n) is 2.77. The summed E-state index contributed by atoms with van der Waals surface area (Å²) in [6.07, 6.45) is 0.822. The number of ether oxygens (including phenoxy) is 1. The fourth-order valence-corrected chi connectivity index (χ4v) is 1.77. The van der Waals surface area contributed by atoms with Crippen molar-refractivity contribution in [2.75, 3.05) is 18.5 Å². The summed E-state index contributed by atoms with van der Waals surface area (Å²) in [6.45, 7) is 3.18. The molecule has 0 unspecified atom stereocenters. The molecule has 0 radical (unpaired) electrons.